The smallest absolute Gasteiger partial charge is 0.352 e. The van der Waals surface area contributed by atoms with Gasteiger partial charge in [-0.05, 0) is 36.1 Å². The fourth-order valence-electron chi connectivity index (χ4n) is 4.31. The highest BCUT2D eigenvalue weighted by atomic mass is 35.5. The lowest BCUT2D eigenvalue weighted by molar-refractivity contribution is -0.133. The van der Waals surface area contributed by atoms with E-state index in [1.54, 1.807) is 18.2 Å². The minimum Gasteiger partial charge on any atom is -0.477 e. The maximum Gasteiger partial charge on any atom is 0.352 e. The van der Waals surface area contributed by atoms with Crippen LogP contribution in [0.4, 0.5) is 0 Å². The number of H-pyrrole nitrogens is 1. The lowest BCUT2D eigenvalue weighted by atomic mass is 9.99. The predicted octanol–water partition coefficient (Wildman–Crippen LogP) is 4.62. The van der Waals surface area contributed by atoms with Gasteiger partial charge in [0.05, 0.1) is 0 Å². The van der Waals surface area contributed by atoms with Gasteiger partial charge < -0.3 is 20.3 Å². The van der Waals surface area contributed by atoms with Crippen molar-refractivity contribution in [1.82, 2.24) is 15.2 Å². The number of aromatic amines is 1. The van der Waals surface area contributed by atoms with E-state index < -0.39 is 17.9 Å². The van der Waals surface area contributed by atoms with Crippen molar-refractivity contribution in [2.45, 2.75) is 18.9 Å². The summed E-state index contributed by atoms with van der Waals surface area (Å²) >= 11 is 6.12. The van der Waals surface area contributed by atoms with Crippen LogP contribution < -0.4 is 5.32 Å². The zero-order valence-electron chi connectivity index (χ0n) is 19.5. The summed E-state index contributed by atoms with van der Waals surface area (Å²) in [5.41, 5.74) is 2.61. The van der Waals surface area contributed by atoms with E-state index in [9.17, 15) is 19.5 Å². The third kappa shape index (κ3) is 5.75. The Bertz CT molecular complexity index is 1360. The van der Waals surface area contributed by atoms with Crippen LogP contribution in [0.5, 0.6) is 0 Å². The van der Waals surface area contributed by atoms with Crippen LogP contribution in [0.2, 0.25) is 5.02 Å². The lowest BCUT2D eigenvalue weighted by Gasteiger charge is -2.28. The molecule has 0 fully saturated rings. The zero-order chi connectivity index (χ0) is 25.5. The Morgan fingerprint density at radius 3 is 2.22 bits per heavy atom. The van der Waals surface area contributed by atoms with Gasteiger partial charge in [0.2, 0.25) is 12.3 Å². The number of aromatic carboxylic acids is 1. The van der Waals surface area contributed by atoms with Gasteiger partial charge in [-0.25, -0.2) is 4.79 Å². The highest BCUT2D eigenvalue weighted by Gasteiger charge is 2.33. The number of nitrogens with zero attached hydrogens (tertiary/aromatic N) is 1. The van der Waals surface area contributed by atoms with Gasteiger partial charge in [0.1, 0.15) is 11.7 Å². The number of fused-ring (bicyclic) bond motifs is 1. The molecule has 1 heterocycles. The molecule has 1 atom stereocenters. The minimum absolute atomic E-state index is 0.151. The van der Waals surface area contributed by atoms with Crippen molar-refractivity contribution in [2.75, 3.05) is 13.1 Å². The Kier molecular flexibility index (Phi) is 8.02. The first kappa shape index (κ1) is 25.0. The van der Waals surface area contributed by atoms with E-state index in [-0.39, 0.29) is 17.8 Å². The van der Waals surface area contributed by atoms with Gasteiger partial charge in [-0.15, -0.1) is 0 Å². The summed E-state index contributed by atoms with van der Waals surface area (Å²) in [6.07, 6.45) is 1.70. The van der Waals surface area contributed by atoms with Crippen molar-refractivity contribution in [1.29, 1.82) is 0 Å². The fraction of sp³-hybridized carbons (Fsp3) is 0.179. The van der Waals surface area contributed by atoms with Crippen molar-refractivity contribution < 1.29 is 19.5 Å². The molecule has 0 saturated heterocycles. The first-order chi connectivity index (χ1) is 17.5. The zero-order valence-corrected chi connectivity index (χ0v) is 20.2. The average Bonchev–Trinajstić information content (AvgIpc) is 3.26. The molecule has 0 saturated carbocycles. The van der Waals surface area contributed by atoms with E-state index in [4.69, 9.17) is 11.6 Å². The minimum atomic E-state index is -1.23. The molecule has 2 amide bonds. The van der Waals surface area contributed by atoms with Gasteiger partial charge in [0.15, 0.2) is 0 Å². The molecule has 3 N–H and O–H groups in total. The summed E-state index contributed by atoms with van der Waals surface area (Å²) in [5.74, 6) is -1.68. The van der Waals surface area contributed by atoms with Crippen LogP contribution in [0.1, 0.15) is 33.2 Å². The number of carbonyl (C=O) groups is 3. The summed E-state index contributed by atoms with van der Waals surface area (Å²) in [6, 6.07) is 23.0. The maximum absolute atomic E-state index is 13.6. The summed E-state index contributed by atoms with van der Waals surface area (Å²) in [7, 11) is 0. The Morgan fingerprint density at radius 1 is 0.972 bits per heavy atom. The number of halogens is 1. The normalized spacial score (nSPS) is 11.7. The molecule has 3 aromatic carbocycles. The number of amides is 2. The Balaban J connectivity index is 1.69. The van der Waals surface area contributed by atoms with Gasteiger partial charge in [-0.1, -0.05) is 78.3 Å². The van der Waals surface area contributed by atoms with Gasteiger partial charge >= 0.3 is 5.97 Å². The third-order valence-electron chi connectivity index (χ3n) is 6.06. The standard InChI is InChI=1S/C28H26ClN3O4/c29-21-11-12-22-23(17-21)31-25(28(35)36)24(22)26(27(34)30-15-13-19-7-3-1-4-8-19)32(18-33)16-14-20-9-5-2-6-10-20/h1-12,17-18,26,31H,13-16H2,(H,30,34)(H,35,36). The van der Waals surface area contributed by atoms with Crippen molar-refractivity contribution in [2.24, 2.45) is 0 Å². The maximum atomic E-state index is 13.6. The van der Waals surface area contributed by atoms with Crippen LogP contribution in [0, 0.1) is 0 Å². The number of rotatable bonds is 11. The van der Waals surface area contributed by atoms with Crippen LogP contribution in [-0.4, -0.2) is 46.4 Å². The van der Waals surface area contributed by atoms with E-state index in [2.05, 4.69) is 10.3 Å². The number of hydrogen-bond donors (Lipinski definition) is 3. The topological polar surface area (TPSA) is 102 Å². The highest BCUT2D eigenvalue weighted by molar-refractivity contribution is 6.31. The second-order valence-corrected chi connectivity index (χ2v) is 8.85. The number of carboxylic acid groups (broad SMARTS) is 1. The van der Waals surface area contributed by atoms with Crippen LogP contribution in [-0.2, 0) is 22.4 Å². The van der Waals surface area contributed by atoms with Crippen LogP contribution in [0.25, 0.3) is 10.9 Å². The molecule has 4 aromatic rings. The van der Waals surface area contributed by atoms with Crippen molar-refractivity contribution >= 4 is 40.8 Å². The van der Waals surface area contributed by atoms with Gasteiger partial charge in [0, 0.05) is 34.6 Å². The molecule has 0 aliphatic carbocycles. The molecule has 7 nitrogen and oxygen atoms in total. The summed E-state index contributed by atoms with van der Waals surface area (Å²) in [6.45, 7) is 0.560. The van der Waals surface area contributed by atoms with Crippen molar-refractivity contribution in [3.63, 3.8) is 0 Å². The van der Waals surface area contributed by atoms with Crippen molar-refractivity contribution in [3.8, 4) is 0 Å². The number of nitrogens with one attached hydrogen (secondary N) is 2. The number of carbonyl (C=O) groups excluding carboxylic acids is 2. The molecular weight excluding hydrogens is 478 g/mol. The number of benzene rings is 3. The second-order valence-electron chi connectivity index (χ2n) is 8.42. The van der Waals surface area contributed by atoms with Crippen LogP contribution >= 0.6 is 11.6 Å². The molecule has 1 aromatic heterocycles. The monoisotopic (exact) mass is 503 g/mol. The third-order valence-corrected chi connectivity index (χ3v) is 6.30. The van der Waals surface area contributed by atoms with Crippen LogP contribution in [0.15, 0.2) is 78.9 Å². The second kappa shape index (κ2) is 11.6. The molecule has 184 valence electrons. The predicted molar refractivity (Wildman–Crippen MR) is 139 cm³/mol. The van der Waals surface area contributed by atoms with E-state index in [1.807, 2.05) is 60.7 Å². The van der Waals surface area contributed by atoms with E-state index in [0.29, 0.717) is 41.7 Å². The molecule has 8 heteroatoms. The number of carboxylic acids is 1. The molecule has 0 spiro atoms. The van der Waals surface area contributed by atoms with E-state index >= 15 is 0 Å². The molecular formula is C28H26ClN3O4. The van der Waals surface area contributed by atoms with Gasteiger partial charge in [0.25, 0.3) is 0 Å². The number of aromatic nitrogens is 1. The first-order valence-corrected chi connectivity index (χ1v) is 12.0. The highest BCUT2D eigenvalue weighted by Crippen LogP contribution is 2.33. The number of hydrogen-bond acceptors (Lipinski definition) is 3. The molecule has 4 rings (SSSR count). The Labute approximate surface area is 213 Å². The Hall–Kier alpha value is -4.10. The molecule has 1 unspecified atom stereocenters. The molecule has 0 aliphatic heterocycles. The quantitative estimate of drug-likeness (QED) is 0.260. The molecule has 0 aliphatic rings. The summed E-state index contributed by atoms with van der Waals surface area (Å²) in [4.78, 5) is 42.3. The van der Waals surface area contributed by atoms with E-state index in [0.717, 1.165) is 11.1 Å². The fourth-order valence-corrected chi connectivity index (χ4v) is 4.48. The largest absolute Gasteiger partial charge is 0.477 e. The summed E-state index contributed by atoms with van der Waals surface area (Å²) < 4.78 is 0. The molecule has 36 heavy (non-hydrogen) atoms. The molecule has 0 bridgehead atoms. The average molecular weight is 504 g/mol. The van der Waals surface area contributed by atoms with Crippen LogP contribution in [0.3, 0.4) is 0 Å². The van der Waals surface area contributed by atoms with E-state index in [1.165, 1.54) is 4.90 Å². The SMILES string of the molecule is O=CN(CCc1ccccc1)C(C(=O)NCCc1ccccc1)c1c(C(=O)O)[nH]c2cc(Cl)ccc12. The van der Waals surface area contributed by atoms with Gasteiger partial charge in [-0.2, -0.15) is 0 Å². The lowest BCUT2D eigenvalue weighted by Crippen LogP contribution is -2.42. The Morgan fingerprint density at radius 2 is 1.61 bits per heavy atom. The first-order valence-electron chi connectivity index (χ1n) is 11.6. The van der Waals surface area contributed by atoms with Crippen molar-refractivity contribution in [3.05, 3.63) is 106 Å². The molecule has 0 radical (unpaired) electrons. The summed E-state index contributed by atoms with van der Waals surface area (Å²) in [5, 5.41) is 13.8. The van der Waals surface area contributed by atoms with Gasteiger partial charge in [-0.3, -0.25) is 9.59 Å².